The van der Waals surface area contributed by atoms with Crippen LogP contribution in [0.1, 0.15) is 37.7 Å². The number of carbonyl (C=O) groups is 2. The zero-order valence-electron chi connectivity index (χ0n) is 15.3. The predicted octanol–water partition coefficient (Wildman–Crippen LogP) is 2.38. The van der Waals surface area contributed by atoms with Gasteiger partial charge in [-0.15, -0.1) is 0 Å². The molecule has 1 aliphatic heterocycles. The van der Waals surface area contributed by atoms with E-state index in [0.29, 0.717) is 32.1 Å². The quantitative estimate of drug-likeness (QED) is 0.895. The maximum absolute atomic E-state index is 12.7. The maximum atomic E-state index is 12.7. The summed E-state index contributed by atoms with van der Waals surface area (Å²) in [7, 11) is 0. The number of amides is 2. The number of nitrogens with two attached hydrogens (primary N) is 1. The molecule has 2 amide bonds. The molecule has 0 radical (unpaired) electrons. The van der Waals surface area contributed by atoms with Crippen LogP contribution >= 0.6 is 0 Å². The van der Waals surface area contributed by atoms with E-state index in [2.05, 4.69) is 0 Å². The fourth-order valence-electron chi connectivity index (χ4n) is 3.83. The van der Waals surface area contributed by atoms with Crippen molar-refractivity contribution in [1.29, 1.82) is 0 Å². The monoisotopic (exact) mass is 359 g/mol. The highest BCUT2D eigenvalue weighted by Crippen LogP contribution is 2.26. The minimum absolute atomic E-state index is 0.0363. The number of hydrogen-bond donors (Lipinski definition) is 1. The molecule has 1 atom stereocenters. The fraction of sp³-hybridized carbons (Fsp3) is 0.600. The van der Waals surface area contributed by atoms with E-state index in [1.54, 1.807) is 9.80 Å². The molecule has 1 saturated carbocycles. The van der Waals surface area contributed by atoms with E-state index < -0.39 is 6.04 Å². The van der Waals surface area contributed by atoms with Gasteiger partial charge in [-0.25, -0.2) is 4.79 Å². The summed E-state index contributed by atoms with van der Waals surface area (Å²) in [6.07, 6.45) is 5.38. The standard InChI is InChI=1S/C20H29N3O3/c21-18(17-9-5-2-6-10-17)19(24)22-11-13-23(14-12-22)20(25)26-15-16-7-3-1-4-8-16/h1,3-4,7-8,17-18H,2,5-6,9-15,21H2/t18-/m0/s1. The van der Waals surface area contributed by atoms with Gasteiger partial charge in [-0.1, -0.05) is 49.6 Å². The molecule has 142 valence electrons. The summed E-state index contributed by atoms with van der Waals surface area (Å²) in [5, 5.41) is 0. The van der Waals surface area contributed by atoms with Gasteiger partial charge in [0.15, 0.2) is 0 Å². The minimum Gasteiger partial charge on any atom is -0.445 e. The van der Waals surface area contributed by atoms with Crippen LogP contribution in [-0.2, 0) is 16.1 Å². The van der Waals surface area contributed by atoms with Crippen molar-refractivity contribution in [2.45, 2.75) is 44.8 Å². The molecule has 1 aliphatic carbocycles. The largest absolute Gasteiger partial charge is 0.445 e. The lowest BCUT2D eigenvalue weighted by Gasteiger charge is -2.37. The average Bonchev–Trinajstić information content (AvgIpc) is 2.72. The summed E-state index contributed by atoms with van der Waals surface area (Å²) in [6, 6.07) is 9.23. The van der Waals surface area contributed by atoms with E-state index in [1.165, 1.54) is 19.3 Å². The highest BCUT2D eigenvalue weighted by molar-refractivity contribution is 5.82. The van der Waals surface area contributed by atoms with Crippen molar-refractivity contribution in [2.24, 2.45) is 11.7 Å². The Labute approximate surface area is 155 Å². The van der Waals surface area contributed by atoms with E-state index in [-0.39, 0.29) is 18.6 Å². The van der Waals surface area contributed by atoms with Gasteiger partial charge >= 0.3 is 6.09 Å². The first-order valence-electron chi connectivity index (χ1n) is 9.65. The predicted molar refractivity (Wildman–Crippen MR) is 99.3 cm³/mol. The van der Waals surface area contributed by atoms with Gasteiger partial charge in [-0.05, 0) is 24.3 Å². The van der Waals surface area contributed by atoms with E-state index in [1.807, 2.05) is 30.3 Å². The third-order valence-electron chi connectivity index (χ3n) is 5.50. The number of rotatable bonds is 4. The molecular formula is C20H29N3O3. The number of nitrogens with zero attached hydrogens (tertiary/aromatic N) is 2. The summed E-state index contributed by atoms with van der Waals surface area (Å²) in [5.74, 6) is 0.347. The molecule has 0 unspecified atom stereocenters. The Hall–Kier alpha value is -2.08. The minimum atomic E-state index is -0.396. The van der Waals surface area contributed by atoms with Crippen molar-refractivity contribution < 1.29 is 14.3 Å². The van der Waals surface area contributed by atoms with Gasteiger partial charge in [-0.2, -0.15) is 0 Å². The molecule has 3 rings (SSSR count). The highest BCUT2D eigenvalue weighted by Gasteiger charge is 2.32. The Morgan fingerprint density at radius 3 is 2.27 bits per heavy atom. The Morgan fingerprint density at radius 1 is 1.00 bits per heavy atom. The highest BCUT2D eigenvalue weighted by atomic mass is 16.6. The second-order valence-corrected chi connectivity index (χ2v) is 7.28. The molecular weight excluding hydrogens is 330 g/mol. The lowest BCUT2D eigenvalue weighted by Crippen LogP contribution is -2.56. The summed E-state index contributed by atoms with van der Waals surface area (Å²) < 4.78 is 5.36. The molecule has 1 aromatic carbocycles. The van der Waals surface area contributed by atoms with E-state index in [9.17, 15) is 9.59 Å². The van der Waals surface area contributed by atoms with Crippen LogP contribution < -0.4 is 5.73 Å². The van der Waals surface area contributed by atoms with E-state index in [4.69, 9.17) is 10.5 Å². The van der Waals surface area contributed by atoms with Crippen molar-refractivity contribution in [2.75, 3.05) is 26.2 Å². The number of benzene rings is 1. The van der Waals surface area contributed by atoms with Crippen LogP contribution in [0.2, 0.25) is 0 Å². The van der Waals surface area contributed by atoms with Gasteiger partial charge in [0.25, 0.3) is 0 Å². The molecule has 2 aliphatic rings. The van der Waals surface area contributed by atoms with Gasteiger partial charge in [0.2, 0.25) is 5.91 Å². The van der Waals surface area contributed by atoms with Crippen LogP contribution in [0, 0.1) is 5.92 Å². The lowest BCUT2D eigenvalue weighted by molar-refractivity contribution is -0.135. The summed E-state index contributed by atoms with van der Waals surface area (Å²) >= 11 is 0. The second-order valence-electron chi connectivity index (χ2n) is 7.28. The van der Waals surface area contributed by atoms with Gasteiger partial charge in [0, 0.05) is 26.2 Å². The van der Waals surface area contributed by atoms with Gasteiger partial charge in [0.1, 0.15) is 6.61 Å². The van der Waals surface area contributed by atoms with Crippen molar-refractivity contribution in [3.8, 4) is 0 Å². The van der Waals surface area contributed by atoms with E-state index >= 15 is 0 Å². The fourth-order valence-corrected chi connectivity index (χ4v) is 3.83. The molecule has 26 heavy (non-hydrogen) atoms. The molecule has 1 aromatic rings. The molecule has 0 bridgehead atoms. The molecule has 2 fully saturated rings. The zero-order valence-corrected chi connectivity index (χ0v) is 15.3. The summed E-state index contributed by atoms with van der Waals surface area (Å²) in [4.78, 5) is 28.3. The number of ether oxygens (including phenoxy) is 1. The average molecular weight is 359 g/mol. The first kappa shape index (κ1) is 18.7. The van der Waals surface area contributed by atoms with Crippen LogP contribution in [0.4, 0.5) is 4.79 Å². The van der Waals surface area contributed by atoms with Crippen LogP contribution in [-0.4, -0.2) is 54.0 Å². The second kappa shape index (κ2) is 9.03. The van der Waals surface area contributed by atoms with Crippen LogP contribution in [0.25, 0.3) is 0 Å². The molecule has 6 heteroatoms. The van der Waals surface area contributed by atoms with Crippen molar-refractivity contribution in [3.63, 3.8) is 0 Å². The van der Waals surface area contributed by atoms with Gasteiger partial charge in [-0.3, -0.25) is 4.79 Å². The van der Waals surface area contributed by atoms with Crippen molar-refractivity contribution in [1.82, 2.24) is 9.80 Å². The molecule has 1 heterocycles. The Morgan fingerprint density at radius 2 is 1.62 bits per heavy atom. The maximum Gasteiger partial charge on any atom is 0.410 e. The van der Waals surface area contributed by atoms with Crippen molar-refractivity contribution >= 4 is 12.0 Å². The third-order valence-corrected chi connectivity index (χ3v) is 5.50. The van der Waals surface area contributed by atoms with Crippen LogP contribution in [0.5, 0.6) is 0 Å². The normalized spacial score (nSPS) is 19.9. The molecule has 0 aromatic heterocycles. The number of piperazine rings is 1. The Balaban J connectivity index is 1.43. The Kier molecular flexibility index (Phi) is 6.50. The zero-order chi connectivity index (χ0) is 18.4. The summed E-state index contributed by atoms with van der Waals surface area (Å²) in [5.41, 5.74) is 7.20. The van der Waals surface area contributed by atoms with Crippen LogP contribution in [0.15, 0.2) is 30.3 Å². The first-order valence-corrected chi connectivity index (χ1v) is 9.65. The van der Waals surface area contributed by atoms with Crippen molar-refractivity contribution in [3.05, 3.63) is 35.9 Å². The SMILES string of the molecule is N[C@H](C(=O)N1CCN(C(=O)OCc2ccccc2)CC1)C1CCCCC1. The molecule has 0 spiro atoms. The number of carbonyl (C=O) groups excluding carboxylic acids is 2. The topological polar surface area (TPSA) is 75.9 Å². The van der Waals surface area contributed by atoms with E-state index in [0.717, 1.165) is 18.4 Å². The van der Waals surface area contributed by atoms with Crippen LogP contribution in [0.3, 0.4) is 0 Å². The van der Waals surface area contributed by atoms with Gasteiger partial charge in [0.05, 0.1) is 6.04 Å². The summed E-state index contributed by atoms with van der Waals surface area (Å²) in [6.45, 7) is 2.32. The third kappa shape index (κ3) is 4.75. The number of hydrogen-bond acceptors (Lipinski definition) is 4. The smallest absolute Gasteiger partial charge is 0.410 e. The first-order chi connectivity index (χ1) is 12.6. The molecule has 6 nitrogen and oxygen atoms in total. The Bertz CT molecular complexity index is 594. The lowest BCUT2D eigenvalue weighted by atomic mass is 9.83. The molecule has 2 N–H and O–H groups in total. The molecule has 1 saturated heterocycles. The van der Waals surface area contributed by atoms with Gasteiger partial charge < -0.3 is 20.3 Å².